The van der Waals surface area contributed by atoms with Gasteiger partial charge in [0.25, 0.3) is 5.91 Å². The topological polar surface area (TPSA) is 113 Å². The first-order valence-electron chi connectivity index (χ1n) is 10.4. The summed E-state index contributed by atoms with van der Waals surface area (Å²) in [5, 5.41) is 14.2. The second-order valence-corrected chi connectivity index (χ2v) is 7.19. The Balaban J connectivity index is 2.32. The van der Waals surface area contributed by atoms with E-state index < -0.39 is 24.0 Å². The Morgan fingerprint density at radius 1 is 1.19 bits per heavy atom. The highest BCUT2D eigenvalue weighted by molar-refractivity contribution is 6.01. The number of amides is 3. The van der Waals surface area contributed by atoms with Gasteiger partial charge in [-0.3, -0.25) is 10.1 Å². The molecule has 0 aliphatic rings. The molecule has 2 N–H and O–H groups in total. The second-order valence-electron chi connectivity index (χ2n) is 7.19. The van der Waals surface area contributed by atoms with Gasteiger partial charge in [-0.25, -0.2) is 9.59 Å². The fourth-order valence-electron chi connectivity index (χ4n) is 3.29. The van der Waals surface area contributed by atoms with E-state index in [0.29, 0.717) is 12.1 Å². The van der Waals surface area contributed by atoms with Crippen LogP contribution in [0.1, 0.15) is 48.9 Å². The molecule has 1 atom stereocenters. The van der Waals surface area contributed by atoms with Gasteiger partial charge in [-0.15, -0.1) is 0 Å². The Labute approximate surface area is 187 Å². The molecule has 0 saturated carbocycles. The van der Waals surface area contributed by atoms with Gasteiger partial charge in [0.2, 0.25) is 6.10 Å². The van der Waals surface area contributed by atoms with Crippen LogP contribution in [-0.4, -0.2) is 29.0 Å². The first-order valence-corrected chi connectivity index (χ1v) is 10.4. The minimum Gasteiger partial charge on any atom is -0.443 e. The summed E-state index contributed by atoms with van der Waals surface area (Å²) in [7, 11) is 0. The van der Waals surface area contributed by atoms with Crippen molar-refractivity contribution in [3.63, 3.8) is 0 Å². The van der Waals surface area contributed by atoms with Crippen molar-refractivity contribution in [2.45, 2.75) is 46.8 Å². The van der Waals surface area contributed by atoms with Crippen LogP contribution in [0.5, 0.6) is 0 Å². The van der Waals surface area contributed by atoms with Gasteiger partial charge >= 0.3 is 12.0 Å². The number of hydrogen-bond donors (Lipinski definition) is 2. The van der Waals surface area contributed by atoms with Crippen LogP contribution in [0.4, 0.5) is 4.79 Å². The standard InChI is InChI=1S/C24H28N4O4/c1-5-12-28-16(3)13-19(17(28)4)14-20(15-25)23(30)32-21(18-10-8-7-9-11-18)22(29)27-24(31)26-6-2/h7-11,13-14,21H,5-6,12H2,1-4H3,(H2,26,27,29,31)/b20-14+. The number of ether oxygens (including phenoxy) is 1. The highest BCUT2D eigenvalue weighted by atomic mass is 16.5. The lowest BCUT2D eigenvalue weighted by Gasteiger charge is -2.17. The quantitative estimate of drug-likeness (QED) is 0.373. The van der Waals surface area contributed by atoms with E-state index in [9.17, 15) is 19.6 Å². The molecule has 0 radical (unpaired) electrons. The summed E-state index contributed by atoms with van der Waals surface area (Å²) in [4.78, 5) is 37.2. The maximum atomic E-state index is 12.8. The third kappa shape index (κ3) is 6.08. The predicted octanol–water partition coefficient (Wildman–Crippen LogP) is 3.55. The number of rotatable bonds is 8. The van der Waals surface area contributed by atoms with Crippen molar-refractivity contribution >= 4 is 24.0 Å². The molecule has 8 heteroatoms. The average Bonchev–Trinajstić information content (AvgIpc) is 3.03. The summed E-state index contributed by atoms with van der Waals surface area (Å²) in [6.07, 6.45) is 1.02. The van der Waals surface area contributed by atoms with Gasteiger partial charge < -0.3 is 14.6 Å². The van der Waals surface area contributed by atoms with Gasteiger partial charge in [0.1, 0.15) is 11.6 Å². The number of imide groups is 1. The second kappa shape index (κ2) is 11.5. The van der Waals surface area contributed by atoms with Crippen LogP contribution in [0.25, 0.3) is 6.08 Å². The molecule has 0 aliphatic carbocycles. The Bertz CT molecular complexity index is 1050. The number of esters is 1. The highest BCUT2D eigenvalue weighted by Gasteiger charge is 2.28. The van der Waals surface area contributed by atoms with Gasteiger partial charge in [0.15, 0.2) is 0 Å². The predicted molar refractivity (Wildman–Crippen MR) is 120 cm³/mol. The van der Waals surface area contributed by atoms with Crippen LogP contribution in [0.15, 0.2) is 42.0 Å². The maximum Gasteiger partial charge on any atom is 0.350 e. The van der Waals surface area contributed by atoms with Gasteiger partial charge in [-0.2, -0.15) is 5.26 Å². The van der Waals surface area contributed by atoms with Gasteiger partial charge in [0, 0.05) is 30.0 Å². The van der Waals surface area contributed by atoms with Crippen LogP contribution in [0, 0.1) is 25.2 Å². The van der Waals surface area contributed by atoms with E-state index in [-0.39, 0.29) is 5.57 Å². The first-order chi connectivity index (χ1) is 15.3. The lowest BCUT2D eigenvalue weighted by molar-refractivity contribution is -0.152. The van der Waals surface area contributed by atoms with Crippen LogP contribution in [0.2, 0.25) is 0 Å². The van der Waals surface area contributed by atoms with E-state index in [4.69, 9.17) is 4.74 Å². The molecule has 3 amide bonds. The maximum absolute atomic E-state index is 12.8. The van der Waals surface area contributed by atoms with Crippen molar-refractivity contribution in [1.29, 1.82) is 5.26 Å². The SMILES string of the molecule is CCCn1c(C)cc(/C=C(\C#N)C(=O)OC(C(=O)NC(=O)NCC)c2ccccc2)c1C. The van der Waals surface area contributed by atoms with Gasteiger partial charge in [-0.1, -0.05) is 37.3 Å². The molecule has 0 bridgehead atoms. The molecule has 168 valence electrons. The van der Waals surface area contributed by atoms with Crippen LogP contribution < -0.4 is 10.6 Å². The first kappa shape index (κ1) is 24.4. The fourth-order valence-corrected chi connectivity index (χ4v) is 3.29. The van der Waals surface area contributed by atoms with Gasteiger partial charge in [0.05, 0.1) is 0 Å². The zero-order valence-electron chi connectivity index (χ0n) is 18.8. The molecule has 1 aromatic heterocycles. The molecule has 1 aromatic carbocycles. The minimum atomic E-state index is -1.39. The Morgan fingerprint density at radius 3 is 2.47 bits per heavy atom. The van der Waals surface area contributed by atoms with Crippen molar-refractivity contribution < 1.29 is 19.1 Å². The lowest BCUT2D eigenvalue weighted by atomic mass is 10.1. The molecule has 0 fully saturated rings. The third-order valence-electron chi connectivity index (χ3n) is 4.84. The van der Waals surface area contributed by atoms with Gasteiger partial charge in [-0.05, 0) is 44.9 Å². The van der Waals surface area contributed by atoms with E-state index in [2.05, 4.69) is 22.1 Å². The average molecular weight is 437 g/mol. The number of carbonyl (C=O) groups is 3. The number of nitrogens with zero attached hydrogens (tertiary/aromatic N) is 2. The van der Waals surface area contributed by atoms with Crippen molar-refractivity contribution in [2.75, 3.05) is 6.54 Å². The monoisotopic (exact) mass is 436 g/mol. The number of nitriles is 1. The lowest BCUT2D eigenvalue weighted by Crippen LogP contribution is -2.42. The molecule has 2 aromatic rings. The van der Waals surface area contributed by atoms with E-state index in [1.165, 1.54) is 6.08 Å². The largest absolute Gasteiger partial charge is 0.443 e. The molecule has 1 heterocycles. The Hall–Kier alpha value is -3.86. The van der Waals surface area contributed by atoms with Crippen molar-refractivity contribution in [3.05, 3.63) is 64.5 Å². The van der Waals surface area contributed by atoms with Crippen molar-refractivity contribution in [1.82, 2.24) is 15.2 Å². The van der Waals surface area contributed by atoms with E-state index in [1.807, 2.05) is 26.0 Å². The third-order valence-corrected chi connectivity index (χ3v) is 4.84. The number of benzene rings is 1. The van der Waals surface area contributed by atoms with E-state index in [0.717, 1.165) is 29.9 Å². The summed E-state index contributed by atoms with van der Waals surface area (Å²) in [6, 6.07) is 11.4. The van der Waals surface area contributed by atoms with Crippen LogP contribution >= 0.6 is 0 Å². The van der Waals surface area contributed by atoms with Crippen LogP contribution in [-0.2, 0) is 20.9 Å². The molecule has 0 spiro atoms. The molecule has 32 heavy (non-hydrogen) atoms. The molecule has 0 aliphatic heterocycles. The summed E-state index contributed by atoms with van der Waals surface area (Å²) in [5.74, 6) is -1.76. The number of nitrogens with one attached hydrogen (secondary N) is 2. The molecular formula is C24H28N4O4. The van der Waals surface area contributed by atoms with Crippen molar-refractivity contribution in [2.24, 2.45) is 0 Å². The zero-order valence-corrected chi connectivity index (χ0v) is 18.8. The fraction of sp³-hybridized carbons (Fsp3) is 0.333. The number of urea groups is 1. The Morgan fingerprint density at radius 2 is 1.88 bits per heavy atom. The number of aromatic nitrogens is 1. The summed E-state index contributed by atoms with van der Waals surface area (Å²) in [5.41, 5.74) is 2.81. The summed E-state index contributed by atoms with van der Waals surface area (Å²) >= 11 is 0. The number of aryl methyl sites for hydroxylation is 1. The minimum absolute atomic E-state index is 0.242. The molecule has 1 unspecified atom stereocenters. The smallest absolute Gasteiger partial charge is 0.350 e. The van der Waals surface area contributed by atoms with Crippen LogP contribution in [0.3, 0.4) is 0 Å². The van der Waals surface area contributed by atoms with E-state index >= 15 is 0 Å². The number of carbonyl (C=O) groups excluding carboxylic acids is 3. The molecule has 8 nitrogen and oxygen atoms in total. The normalized spacial score (nSPS) is 11.9. The highest BCUT2D eigenvalue weighted by Crippen LogP contribution is 2.22. The van der Waals surface area contributed by atoms with E-state index in [1.54, 1.807) is 37.3 Å². The summed E-state index contributed by atoms with van der Waals surface area (Å²) in [6.45, 7) is 8.81. The summed E-state index contributed by atoms with van der Waals surface area (Å²) < 4.78 is 7.51. The zero-order chi connectivity index (χ0) is 23.7. The van der Waals surface area contributed by atoms with Crippen molar-refractivity contribution in [3.8, 4) is 6.07 Å². The Kier molecular flexibility index (Phi) is 8.78. The molecule has 0 saturated heterocycles. The molecular weight excluding hydrogens is 408 g/mol. The number of hydrogen-bond acceptors (Lipinski definition) is 5. The molecule has 2 rings (SSSR count).